The number of benzene rings is 1. The van der Waals surface area contributed by atoms with Gasteiger partial charge in [-0.3, -0.25) is 0 Å². The average molecular weight is 454 g/mol. The van der Waals surface area contributed by atoms with Gasteiger partial charge in [-0.25, -0.2) is 9.48 Å². The van der Waals surface area contributed by atoms with Crippen LogP contribution in [0.2, 0.25) is 0 Å². The number of hydrogen-bond acceptors (Lipinski definition) is 4. The number of ether oxygens (including phenoxy) is 2. The number of halogens is 3. The van der Waals surface area contributed by atoms with Crippen molar-refractivity contribution in [2.24, 2.45) is 0 Å². The molecule has 1 aromatic heterocycles. The standard InChI is InChI=1S/C23H30F3N3O3/c1-15(2)20-14-19(16-10-12-28(13-11-16)21(30)32-22(3,4)5)27-29(20)17-6-8-18(9-7-17)31-23(24,25)26/h6-9,14-16H,10-13H2,1-5H3. The number of rotatable bonds is 4. The monoisotopic (exact) mass is 453 g/mol. The van der Waals surface area contributed by atoms with E-state index in [1.807, 2.05) is 34.6 Å². The molecule has 176 valence electrons. The Labute approximate surface area is 186 Å². The van der Waals surface area contributed by atoms with Gasteiger partial charge in [-0.15, -0.1) is 13.2 Å². The van der Waals surface area contributed by atoms with Crippen LogP contribution >= 0.6 is 0 Å². The van der Waals surface area contributed by atoms with Gasteiger partial charge in [0, 0.05) is 24.7 Å². The first-order valence-electron chi connectivity index (χ1n) is 10.8. The Morgan fingerprint density at radius 3 is 2.19 bits per heavy atom. The Bertz CT molecular complexity index is 923. The molecule has 6 nitrogen and oxygen atoms in total. The maximum absolute atomic E-state index is 12.4. The van der Waals surface area contributed by atoms with Gasteiger partial charge < -0.3 is 14.4 Å². The molecule has 2 heterocycles. The van der Waals surface area contributed by atoms with Gasteiger partial charge in [0.25, 0.3) is 0 Å². The molecule has 1 saturated heterocycles. The molecule has 0 atom stereocenters. The van der Waals surface area contributed by atoms with Crippen LogP contribution < -0.4 is 4.74 Å². The Kier molecular flexibility index (Phi) is 6.76. The Morgan fingerprint density at radius 2 is 1.69 bits per heavy atom. The molecule has 32 heavy (non-hydrogen) atoms. The minimum atomic E-state index is -4.72. The normalized spacial score (nSPS) is 15.8. The maximum atomic E-state index is 12.4. The summed E-state index contributed by atoms with van der Waals surface area (Å²) in [4.78, 5) is 14.0. The molecule has 2 aromatic rings. The molecule has 0 N–H and O–H groups in total. The molecule has 0 saturated carbocycles. The molecule has 0 aliphatic carbocycles. The zero-order chi connectivity index (χ0) is 23.7. The molecule has 3 rings (SSSR count). The lowest BCUT2D eigenvalue weighted by molar-refractivity contribution is -0.274. The van der Waals surface area contributed by atoms with E-state index in [0.29, 0.717) is 18.8 Å². The highest BCUT2D eigenvalue weighted by Crippen LogP contribution is 2.32. The zero-order valence-corrected chi connectivity index (χ0v) is 19.1. The number of carbonyl (C=O) groups excluding carboxylic acids is 1. The van der Waals surface area contributed by atoms with Crippen LogP contribution in [0.5, 0.6) is 5.75 Å². The van der Waals surface area contributed by atoms with E-state index in [4.69, 9.17) is 9.84 Å². The van der Waals surface area contributed by atoms with E-state index >= 15 is 0 Å². The molecular weight excluding hydrogens is 423 g/mol. The fraction of sp³-hybridized carbons (Fsp3) is 0.565. The van der Waals surface area contributed by atoms with E-state index in [1.54, 1.807) is 21.7 Å². The summed E-state index contributed by atoms with van der Waals surface area (Å²) in [6.07, 6.45) is -3.49. The van der Waals surface area contributed by atoms with E-state index < -0.39 is 12.0 Å². The van der Waals surface area contributed by atoms with E-state index in [2.05, 4.69) is 10.8 Å². The summed E-state index contributed by atoms with van der Waals surface area (Å²) in [7, 11) is 0. The molecule has 0 unspecified atom stereocenters. The highest BCUT2D eigenvalue weighted by atomic mass is 19.4. The molecule has 1 amide bonds. The van der Waals surface area contributed by atoms with Gasteiger partial charge in [0.1, 0.15) is 11.4 Å². The summed E-state index contributed by atoms with van der Waals surface area (Å²) in [6, 6.07) is 7.75. The fourth-order valence-corrected chi connectivity index (χ4v) is 3.71. The predicted octanol–water partition coefficient (Wildman–Crippen LogP) is 6.01. The number of alkyl halides is 3. The molecule has 9 heteroatoms. The minimum Gasteiger partial charge on any atom is -0.444 e. The third-order valence-corrected chi connectivity index (χ3v) is 5.23. The van der Waals surface area contributed by atoms with Crippen molar-refractivity contribution in [3.8, 4) is 11.4 Å². The SMILES string of the molecule is CC(C)c1cc(C2CCN(C(=O)OC(C)(C)C)CC2)nn1-c1ccc(OC(F)(F)F)cc1. The largest absolute Gasteiger partial charge is 0.573 e. The van der Waals surface area contributed by atoms with Crippen LogP contribution in [0.1, 0.15) is 70.7 Å². The zero-order valence-electron chi connectivity index (χ0n) is 19.1. The number of nitrogens with zero attached hydrogens (tertiary/aromatic N) is 3. The van der Waals surface area contributed by atoms with Gasteiger partial charge in [0.2, 0.25) is 0 Å². The lowest BCUT2D eigenvalue weighted by Gasteiger charge is -2.32. The number of likely N-dealkylation sites (tertiary alicyclic amines) is 1. The van der Waals surface area contributed by atoms with E-state index in [-0.39, 0.29) is 23.7 Å². The van der Waals surface area contributed by atoms with Crippen LogP contribution in [0, 0.1) is 0 Å². The number of carbonyl (C=O) groups is 1. The highest BCUT2D eigenvalue weighted by Gasteiger charge is 2.31. The highest BCUT2D eigenvalue weighted by molar-refractivity contribution is 5.68. The van der Waals surface area contributed by atoms with Gasteiger partial charge in [-0.1, -0.05) is 13.8 Å². The van der Waals surface area contributed by atoms with Gasteiger partial charge in [-0.2, -0.15) is 5.10 Å². The van der Waals surface area contributed by atoms with E-state index in [9.17, 15) is 18.0 Å². The summed E-state index contributed by atoms with van der Waals surface area (Å²) in [6.45, 7) is 10.8. The summed E-state index contributed by atoms with van der Waals surface area (Å²) in [5.41, 5.74) is 2.03. The Balaban J connectivity index is 1.74. The van der Waals surface area contributed by atoms with Crippen molar-refractivity contribution in [1.82, 2.24) is 14.7 Å². The maximum Gasteiger partial charge on any atom is 0.573 e. The molecule has 0 spiro atoms. The summed E-state index contributed by atoms with van der Waals surface area (Å²) < 4.78 is 48.5. The van der Waals surface area contributed by atoms with E-state index in [0.717, 1.165) is 24.2 Å². The van der Waals surface area contributed by atoms with Crippen LogP contribution in [0.25, 0.3) is 5.69 Å². The summed E-state index contributed by atoms with van der Waals surface area (Å²) in [5.74, 6) is 0.0960. The minimum absolute atomic E-state index is 0.171. The Morgan fingerprint density at radius 1 is 1.09 bits per heavy atom. The first-order valence-corrected chi connectivity index (χ1v) is 10.8. The van der Waals surface area contributed by atoms with Crippen LogP contribution in [0.15, 0.2) is 30.3 Å². The first-order chi connectivity index (χ1) is 14.8. The molecular formula is C23H30F3N3O3. The second kappa shape index (κ2) is 9.03. The second-order valence-electron chi connectivity index (χ2n) is 9.34. The quantitative estimate of drug-likeness (QED) is 0.569. The predicted molar refractivity (Wildman–Crippen MR) is 114 cm³/mol. The second-order valence-corrected chi connectivity index (χ2v) is 9.34. The van der Waals surface area contributed by atoms with Crippen molar-refractivity contribution in [3.63, 3.8) is 0 Å². The summed E-state index contributed by atoms with van der Waals surface area (Å²) in [5, 5.41) is 4.78. The van der Waals surface area contributed by atoms with Gasteiger partial charge in [0.15, 0.2) is 0 Å². The first kappa shape index (κ1) is 23.9. The topological polar surface area (TPSA) is 56.6 Å². The van der Waals surface area contributed by atoms with Crippen molar-refractivity contribution in [1.29, 1.82) is 0 Å². The van der Waals surface area contributed by atoms with Gasteiger partial charge in [-0.05, 0) is 69.9 Å². The summed E-state index contributed by atoms with van der Waals surface area (Å²) >= 11 is 0. The number of amides is 1. The van der Waals surface area contributed by atoms with Crippen LogP contribution in [0.3, 0.4) is 0 Å². The number of hydrogen-bond donors (Lipinski definition) is 0. The van der Waals surface area contributed by atoms with Crippen LogP contribution in [-0.4, -0.2) is 45.8 Å². The van der Waals surface area contributed by atoms with Crippen molar-refractivity contribution >= 4 is 6.09 Å². The average Bonchev–Trinajstić information content (AvgIpc) is 3.12. The fourth-order valence-electron chi connectivity index (χ4n) is 3.71. The van der Waals surface area contributed by atoms with Crippen LogP contribution in [-0.2, 0) is 4.74 Å². The van der Waals surface area contributed by atoms with Crippen molar-refractivity contribution in [3.05, 3.63) is 41.7 Å². The molecule has 0 radical (unpaired) electrons. The van der Waals surface area contributed by atoms with Crippen molar-refractivity contribution in [2.75, 3.05) is 13.1 Å². The lowest BCUT2D eigenvalue weighted by atomic mass is 9.93. The van der Waals surface area contributed by atoms with Gasteiger partial charge in [0.05, 0.1) is 11.4 Å². The smallest absolute Gasteiger partial charge is 0.444 e. The molecule has 0 bridgehead atoms. The number of piperidine rings is 1. The molecule has 1 fully saturated rings. The molecule has 1 aromatic carbocycles. The van der Waals surface area contributed by atoms with Crippen molar-refractivity contribution in [2.45, 2.75) is 71.3 Å². The van der Waals surface area contributed by atoms with Crippen LogP contribution in [0.4, 0.5) is 18.0 Å². The van der Waals surface area contributed by atoms with Crippen molar-refractivity contribution < 1.29 is 27.4 Å². The number of aromatic nitrogens is 2. The van der Waals surface area contributed by atoms with E-state index in [1.165, 1.54) is 12.1 Å². The Hall–Kier alpha value is -2.71. The molecule has 1 aliphatic rings. The van der Waals surface area contributed by atoms with Gasteiger partial charge >= 0.3 is 12.5 Å². The molecule has 1 aliphatic heterocycles. The third-order valence-electron chi connectivity index (χ3n) is 5.23. The third kappa shape index (κ3) is 6.17. The lowest BCUT2D eigenvalue weighted by Crippen LogP contribution is -2.41.